The van der Waals surface area contributed by atoms with Crippen molar-refractivity contribution in [2.24, 2.45) is 0 Å². The summed E-state index contributed by atoms with van der Waals surface area (Å²) in [4.78, 5) is 12.2. The van der Waals surface area contributed by atoms with Crippen molar-refractivity contribution in [1.29, 1.82) is 0 Å². The molecule has 0 bridgehead atoms. The van der Waals surface area contributed by atoms with Crippen molar-refractivity contribution < 1.29 is 27.9 Å². The summed E-state index contributed by atoms with van der Waals surface area (Å²) in [5.41, 5.74) is 1.37. The van der Waals surface area contributed by atoms with Gasteiger partial charge in [-0.15, -0.1) is 0 Å². The Balaban J connectivity index is 2.15. The first-order chi connectivity index (χ1) is 12.5. The number of hydrogen-bond donors (Lipinski definition) is 1. The molecule has 0 aromatic heterocycles. The second kappa shape index (κ2) is 9.38. The monoisotopic (exact) mass is 379 g/mol. The number of hydrogen-bond acceptors (Lipinski definition) is 6. The number of alkyl carbamates (subject to hydrolysis) is 1. The third-order valence-corrected chi connectivity index (χ3v) is 5.80. The number of rotatable bonds is 8. The number of methoxy groups -OCH3 is 1. The zero-order valence-corrected chi connectivity index (χ0v) is 15.8. The molecule has 0 aliphatic carbocycles. The Hall–Kier alpha value is -2.34. The first kappa shape index (κ1) is 20.0. The standard InChI is InChI=1S/C18H22NO6P/c1-22-16-11-9-15(10-12-16)17(26(21,23-2)24-3)19-18(20)25-13-14-7-5-4-6-8-14/h4-12,17H,13H2,1-3H3,(H,19,20). The lowest BCUT2D eigenvalue weighted by Crippen LogP contribution is -2.29. The highest BCUT2D eigenvalue weighted by Crippen LogP contribution is 2.58. The quantitative estimate of drug-likeness (QED) is 0.695. The number of amides is 1. The van der Waals surface area contributed by atoms with Gasteiger partial charge in [0, 0.05) is 14.2 Å². The number of carbonyl (C=O) groups excluding carboxylic acids is 1. The Kier molecular flexibility index (Phi) is 7.21. The average Bonchev–Trinajstić information content (AvgIpc) is 2.71. The van der Waals surface area contributed by atoms with Gasteiger partial charge >= 0.3 is 13.7 Å². The summed E-state index contributed by atoms with van der Waals surface area (Å²) in [6.07, 6.45) is -0.732. The molecule has 0 radical (unpaired) electrons. The van der Waals surface area contributed by atoms with E-state index < -0.39 is 19.5 Å². The second-order valence-corrected chi connectivity index (χ2v) is 7.61. The molecule has 1 amide bonds. The number of carbonyl (C=O) groups is 1. The van der Waals surface area contributed by atoms with Gasteiger partial charge in [0.05, 0.1) is 7.11 Å². The van der Waals surface area contributed by atoms with Crippen molar-refractivity contribution >= 4 is 13.7 Å². The minimum absolute atomic E-state index is 0.0896. The third-order valence-electron chi connectivity index (χ3n) is 3.72. The van der Waals surface area contributed by atoms with Gasteiger partial charge in [-0.25, -0.2) is 4.79 Å². The Morgan fingerprint density at radius 1 is 1.00 bits per heavy atom. The molecule has 26 heavy (non-hydrogen) atoms. The topological polar surface area (TPSA) is 83.1 Å². The van der Waals surface area contributed by atoms with Crippen LogP contribution in [0.3, 0.4) is 0 Å². The molecule has 1 unspecified atom stereocenters. The van der Waals surface area contributed by atoms with Crippen molar-refractivity contribution in [2.45, 2.75) is 12.4 Å². The summed E-state index contributed by atoms with van der Waals surface area (Å²) in [7, 11) is 0.427. The summed E-state index contributed by atoms with van der Waals surface area (Å²) >= 11 is 0. The molecule has 0 heterocycles. The van der Waals surface area contributed by atoms with Crippen molar-refractivity contribution in [1.82, 2.24) is 5.32 Å². The van der Waals surface area contributed by atoms with E-state index in [4.69, 9.17) is 18.5 Å². The van der Waals surface area contributed by atoms with E-state index in [1.807, 2.05) is 30.3 Å². The van der Waals surface area contributed by atoms with Gasteiger partial charge in [0.1, 0.15) is 12.4 Å². The highest BCUT2D eigenvalue weighted by molar-refractivity contribution is 7.54. The van der Waals surface area contributed by atoms with Gasteiger partial charge < -0.3 is 23.8 Å². The van der Waals surface area contributed by atoms with Crippen molar-refractivity contribution in [2.75, 3.05) is 21.3 Å². The summed E-state index contributed by atoms with van der Waals surface area (Å²) < 4.78 is 33.3. The van der Waals surface area contributed by atoms with Crippen LogP contribution in [-0.4, -0.2) is 27.4 Å². The molecule has 1 N–H and O–H groups in total. The summed E-state index contributed by atoms with van der Waals surface area (Å²) in [6, 6.07) is 16.0. The second-order valence-electron chi connectivity index (χ2n) is 5.29. The predicted octanol–water partition coefficient (Wildman–Crippen LogP) is 4.11. The molecular weight excluding hydrogens is 357 g/mol. The van der Waals surface area contributed by atoms with Gasteiger partial charge in [0.25, 0.3) is 0 Å². The summed E-state index contributed by atoms with van der Waals surface area (Å²) in [6.45, 7) is 0.0896. The zero-order chi connectivity index (χ0) is 19.0. The summed E-state index contributed by atoms with van der Waals surface area (Å²) in [5.74, 6) is -0.393. The molecule has 0 aliphatic heterocycles. The van der Waals surface area contributed by atoms with Gasteiger partial charge in [-0.3, -0.25) is 4.57 Å². The highest BCUT2D eigenvalue weighted by Gasteiger charge is 2.37. The lowest BCUT2D eigenvalue weighted by molar-refractivity contribution is 0.136. The van der Waals surface area contributed by atoms with Crippen LogP contribution in [0.5, 0.6) is 5.75 Å². The lowest BCUT2D eigenvalue weighted by Gasteiger charge is -2.25. The van der Waals surface area contributed by atoms with E-state index in [0.717, 1.165) is 5.56 Å². The van der Waals surface area contributed by atoms with Crippen LogP contribution in [0.1, 0.15) is 16.9 Å². The maximum Gasteiger partial charge on any atom is 0.408 e. The van der Waals surface area contributed by atoms with Crippen LogP contribution in [0.4, 0.5) is 4.79 Å². The smallest absolute Gasteiger partial charge is 0.408 e. The van der Waals surface area contributed by atoms with Crippen molar-refractivity contribution in [3.8, 4) is 5.75 Å². The van der Waals surface area contributed by atoms with Crippen molar-refractivity contribution in [3.63, 3.8) is 0 Å². The Labute approximate surface area is 152 Å². The van der Waals surface area contributed by atoms with E-state index in [9.17, 15) is 9.36 Å². The highest BCUT2D eigenvalue weighted by atomic mass is 31.2. The fourth-order valence-electron chi connectivity index (χ4n) is 2.29. The molecule has 0 saturated carbocycles. The largest absolute Gasteiger partial charge is 0.497 e. The van der Waals surface area contributed by atoms with Crippen LogP contribution in [0.25, 0.3) is 0 Å². The fourth-order valence-corrected chi connectivity index (χ4v) is 3.66. The maximum absolute atomic E-state index is 12.9. The van der Waals surface area contributed by atoms with Gasteiger partial charge in [-0.1, -0.05) is 42.5 Å². The minimum atomic E-state index is -3.64. The molecule has 140 valence electrons. The summed E-state index contributed by atoms with van der Waals surface area (Å²) in [5, 5.41) is 2.57. The van der Waals surface area contributed by atoms with Crippen LogP contribution in [0.2, 0.25) is 0 Å². The van der Waals surface area contributed by atoms with E-state index in [2.05, 4.69) is 5.32 Å². The van der Waals surface area contributed by atoms with Crippen molar-refractivity contribution in [3.05, 3.63) is 65.7 Å². The van der Waals surface area contributed by atoms with Gasteiger partial charge in [0.15, 0.2) is 5.78 Å². The SMILES string of the molecule is COc1ccc(C(NC(=O)OCc2ccccc2)P(=O)(OC)OC)cc1. The predicted molar refractivity (Wildman–Crippen MR) is 97.1 cm³/mol. The Morgan fingerprint density at radius 3 is 2.15 bits per heavy atom. The number of benzene rings is 2. The molecule has 2 aromatic carbocycles. The zero-order valence-electron chi connectivity index (χ0n) is 14.9. The van der Waals surface area contributed by atoms with Crippen LogP contribution in [-0.2, 0) is 25.0 Å². The fraction of sp³-hybridized carbons (Fsp3) is 0.278. The number of nitrogens with one attached hydrogen (secondary N) is 1. The van der Waals surface area contributed by atoms with Crippen LogP contribution in [0, 0.1) is 0 Å². The molecule has 0 fully saturated rings. The van der Waals surface area contributed by atoms with E-state index >= 15 is 0 Å². The van der Waals surface area contributed by atoms with Gasteiger partial charge in [-0.05, 0) is 23.3 Å². The Bertz CT molecular complexity index is 742. The van der Waals surface area contributed by atoms with Gasteiger partial charge in [-0.2, -0.15) is 0 Å². The first-order valence-corrected chi connectivity index (χ1v) is 9.46. The first-order valence-electron chi connectivity index (χ1n) is 7.84. The normalized spacial score (nSPS) is 12.3. The number of ether oxygens (including phenoxy) is 2. The Morgan fingerprint density at radius 2 is 1.62 bits per heavy atom. The lowest BCUT2D eigenvalue weighted by atomic mass is 10.2. The molecule has 0 saturated heterocycles. The molecule has 7 nitrogen and oxygen atoms in total. The van der Waals surface area contributed by atoms with Crippen LogP contribution >= 0.6 is 7.60 Å². The van der Waals surface area contributed by atoms with E-state index in [1.165, 1.54) is 14.2 Å². The molecule has 8 heteroatoms. The molecule has 1 atom stereocenters. The minimum Gasteiger partial charge on any atom is -0.497 e. The van der Waals surface area contributed by atoms with E-state index in [1.54, 1.807) is 31.4 Å². The van der Waals surface area contributed by atoms with Crippen LogP contribution in [0.15, 0.2) is 54.6 Å². The third kappa shape index (κ3) is 5.08. The molecular formula is C18H22NO6P. The van der Waals surface area contributed by atoms with E-state index in [-0.39, 0.29) is 6.61 Å². The van der Waals surface area contributed by atoms with Gasteiger partial charge in [0.2, 0.25) is 0 Å². The molecule has 2 rings (SSSR count). The molecule has 0 aliphatic rings. The molecule has 2 aromatic rings. The van der Waals surface area contributed by atoms with Crippen LogP contribution < -0.4 is 10.1 Å². The molecule has 0 spiro atoms. The maximum atomic E-state index is 12.9. The van der Waals surface area contributed by atoms with E-state index in [0.29, 0.717) is 11.3 Å². The average molecular weight is 379 g/mol.